The molecule has 0 N–H and O–H groups in total. The Bertz CT molecular complexity index is 2390. The van der Waals surface area contributed by atoms with Gasteiger partial charge in [0.2, 0.25) is 0 Å². The second-order valence-corrected chi connectivity index (χ2v) is 10.7. The molecule has 0 saturated heterocycles. The molecule has 0 saturated carbocycles. The minimum Gasteiger partial charge on any atom is -0.313 e. The highest BCUT2D eigenvalue weighted by Crippen LogP contribution is 2.33. The van der Waals surface area contributed by atoms with E-state index >= 15 is 0 Å². The van der Waals surface area contributed by atoms with E-state index < -0.39 is 0 Å². The van der Waals surface area contributed by atoms with Crippen LogP contribution in [-0.2, 0) is 0 Å². The van der Waals surface area contributed by atoms with Crippen LogP contribution in [0.25, 0.3) is 67.4 Å². The third kappa shape index (κ3) is 3.51. The number of benzene rings is 6. The van der Waals surface area contributed by atoms with E-state index in [0.717, 1.165) is 21.8 Å². The molecular weight excluding hydrogens is 496 g/mol. The summed E-state index contributed by atoms with van der Waals surface area (Å²) in [5.41, 5.74) is 7.14. The zero-order chi connectivity index (χ0) is 27.5. The highest BCUT2D eigenvalue weighted by atomic mass is 15.0. The Morgan fingerprint density at radius 1 is 0.488 bits per heavy atom. The largest absolute Gasteiger partial charge is 0.313 e. The predicted octanol–water partition coefficient (Wildman–Crippen LogP) is 8.43. The number of rotatable bonds is 3. The topological polar surface area (TPSA) is 9.86 Å². The van der Waals surface area contributed by atoms with Crippen LogP contribution < -0.4 is 10.6 Å². The van der Waals surface area contributed by atoms with Crippen LogP contribution >= 0.6 is 0 Å². The Kier molecular flexibility index (Phi) is 5.23. The fraction of sp³-hybridized carbons (Fsp3) is 0.0256. The van der Waals surface area contributed by atoms with Gasteiger partial charge in [-0.1, -0.05) is 116 Å². The maximum atomic E-state index is 4.63. The van der Waals surface area contributed by atoms with Crippen molar-refractivity contribution in [3.05, 3.63) is 155 Å². The van der Waals surface area contributed by atoms with Gasteiger partial charge in [-0.3, -0.25) is 0 Å². The molecule has 2 aromatic heterocycles. The molecule has 2 heterocycles. The van der Waals surface area contributed by atoms with Gasteiger partial charge in [0, 0.05) is 38.0 Å². The van der Waals surface area contributed by atoms with Crippen molar-refractivity contribution in [2.75, 3.05) is 0 Å². The average molecular weight is 525 g/mol. The van der Waals surface area contributed by atoms with E-state index in [1.165, 1.54) is 54.8 Å². The maximum absolute atomic E-state index is 4.63. The van der Waals surface area contributed by atoms with Gasteiger partial charge in [-0.15, -0.1) is 0 Å². The van der Waals surface area contributed by atoms with Crippen LogP contribution in [0.1, 0.15) is 11.3 Å². The van der Waals surface area contributed by atoms with E-state index in [0.29, 0.717) is 0 Å². The molecule has 0 bridgehead atoms. The minimum atomic E-state index is 1.04. The van der Waals surface area contributed by atoms with Crippen molar-refractivity contribution in [1.82, 2.24) is 9.13 Å². The molecule has 8 aromatic rings. The van der Waals surface area contributed by atoms with Gasteiger partial charge in [-0.05, 0) is 48.0 Å². The van der Waals surface area contributed by atoms with Gasteiger partial charge >= 0.3 is 0 Å². The van der Waals surface area contributed by atoms with Crippen LogP contribution in [-0.4, -0.2) is 9.13 Å². The first-order valence-corrected chi connectivity index (χ1v) is 14.1. The first-order chi connectivity index (χ1) is 20.2. The Labute approximate surface area is 238 Å². The molecule has 6 aromatic carbocycles. The number of hydrogen-bond acceptors (Lipinski definition) is 0. The third-order valence-electron chi connectivity index (χ3n) is 8.48. The summed E-state index contributed by atoms with van der Waals surface area (Å²) >= 11 is 0. The van der Waals surface area contributed by atoms with Gasteiger partial charge in [0.1, 0.15) is 0 Å². The van der Waals surface area contributed by atoms with Gasteiger partial charge in [-0.2, -0.15) is 0 Å². The Morgan fingerprint density at radius 3 is 1.59 bits per heavy atom. The average Bonchev–Trinajstić information content (AvgIpc) is 3.46. The van der Waals surface area contributed by atoms with Gasteiger partial charge in [0.05, 0.1) is 27.8 Å². The third-order valence-corrected chi connectivity index (χ3v) is 8.48. The van der Waals surface area contributed by atoms with Crippen LogP contribution in [0.15, 0.2) is 133 Å². The molecule has 0 fully saturated rings. The Hall–Kier alpha value is -5.34. The fourth-order valence-corrected chi connectivity index (χ4v) is 6.57. The van der Waals surface area contributed by atoms with Crippen molar-refractivity contribution >= 4 is 56.0 Å². The van der Waals surface area contributed by atoms with E-state index in [1.807, 2.05) is 0 Å². The summed E-state index contributed by atoms with van der Waals surface area (Å²) in [6, 6.07) is 47.7. The lowest BCUT2D eigenvalue weighted by Gasteiger charge is -2.12. The lowest BCUT2D eigenvalue weighted by molar-refractivity contribution is 1.05. The summed E-state index contributed by atoms with van der Waals surface area (Å²) in [7, 11) is 0. The van der Waals surface area contributed by atoms with Crippen LogP contribution in [0.3, 0.4) is 0 Å². The summed E-state index contributed by atoms with van der Waals surface area (Å²) in [4.78, 5) is 0. The summed E-state index contributed by atoms with van der Waals surface area (Å²) in [6.07, 6.45) is 2.35. The van der Waals surface area contributed by atoms with Gasteiger partial charge in [-0.25, -0.2) is 0 Å². The van der Waals surface area contributed by atoms with Crippen molar-refractivity contribution < 1.29 is 0 Å². The summed E-state index contributed by atoms with van der Waals surface area (Å²) in [5, 5.41) is 9.47. The molecule has 0 radical (unpaired) electrons. The van der Waals surface area contributed by atoms with Gasteiger partial charge in [0.15, 0.2) is 0 Å². The van der Waals surface area contributed by atoms with E-state index in [1.54, 1.807) is 0 Å². The van der Waals surface area contributed by atoms with Crippen molar-refractivity contribution in [1.29, 1.82) is 0 Å². The summed E-state index contributed by atoms with van der Waals surface area (Å²) in [5.74, 6) is 0. The molecule has 0 amide bonds. The lowest BCUT2D eigenvalue weighted by Crippen LogP contribution is -2.27. The molecule has 41 heavy (non-hydrogen) atoms. The number of para-hydroxylation sites is 2. The van der Waals surface area contributed by atoms with E-state index in [-0.39, 0.29) is 0 Å². The monoisotopic (exact) mass is 524 g/mol. The highest BCUT2D eigenvalue weighted by molar-refractivity contribution is 5.98. The summed E-state index contributed by atoms with van der Waals surface area (Å²) in [6.45, 7) is 6.87. The summed E-state index contributed by atoms with van der Waals surface area (Å²) < 4.78 is 4.81. The fourth-order valence-electron chi connectivity index (χ4n) is 6.57. The number of hydrogen-bond donors (Lipinski definition) is 0. The Morgan fingerprint density at radius 2 is 0.951 bits per heavy atom. The van der Waals surface area contributed by atoms with E-state index in [9.17, 15) is 0 Å². The van der Waals surface area contributed by atoms with Crippen LogP contribution in [0.4, 0.5) is 0 Å². The molecule has 0 aliphatic heterocycles. The zero-order valence-corrected chi connectivity index (χ0v) is 22.9. The Balaban J connectivity index is 1.50. The minimum absolute atomic E-state index is 1.04. The maximum Gasteiger partial charge on any atom is 0.0542 e. The molecular formula is C39H28N2. The van der Waals surface area contributed by atoms with Crippen LogP contribution in [0, 0.1) is 6.92 Å². The molecule has 0 aliphatic rings. The SMILES string of the molecule is C=c1/c(=C\c2c(C)n(-c3cccc4ccccc34)c3ccccc23)n(-c2cccc3ccccc23)c2ccccc12. The van der Waals surface area contributed by atoms with Gasteiger partial charge in [0.25, 0.3) is 0 Å². The van der Waals surface area contributed by atoms with Crippen molar-refractivity contribution in [2.24, 2.45) is 0 Å². The number of fused-ring (bicyclic) bond motifs is 4. The first-order valence-electron chi connectivity index (χ1n) is 14.1. The van der Waals surface area contributed by atoms with E-state index in [2.05, 4.69) is 162 Å². The lowest BCUT2D eigenvalue weighted by atomic mass is 10.1. The predicted molar refractivity (Wildman–Crippen MR) is 175 cm³/mol. The second-order valence-electron chi connectivity index (χ2n) is 10.7. The number of nitrogens with zero attached hydrogens (tertiary/aromatic N) is 2. The number of aromatic nitrogens is 2. The van der Waals surface area contributed by atoms with E-state index in [4.69, 9.17) is 0 Å². The molecule has 0 unspecified atom stereocenters. The zero-order valence-electron chi connectivity index (χ0n) is 22.9. The standard InChI is InChI=1S/C39H28N2/c1-26-30-17-7-9-21-35(30)41(37-24-12-16-29-14-4-6-19-32(29)37)39(26)25-34-27(2)40(38-22-10-8-20-33(34)38)36-23-11-15-28-13-3-5-18-31(28)36/h3-25H,1H2,2H3/b39-25+. The van der Waals surface area contributed by atoms with Crippen LogP contribution in [0.5, 0.6) is 0 Å². The van der Waals surface area contributed by atoms with Crippen molar-refractivity contribution in [3.8, 4) is 11.4 Å². The normalized spacial score (nSPS) is 12.3. The van der Waals surface area contributed by atoms with Crippen molar-refractivity contribution in [3.63, 3.8) is 0 Å². The molecule has 194 valence electrons. The van der Waals surface area contributed by atoms with Crippen molar-refractivity contribution in [2.45, 2.75) is 6.92 Å². The molecule has 2 heteroatoms. The smallest absolute Gasteiger partial charge is 0.0542 e. The molecule has 0 atom stereocenters. The molecule has 8 rings (SSSR count). The molecule has 2 nitrogen and oxygen atoms in total. The molecule has 0 spiro atoms. The quantitative estimate of drug-likeness (QED) is 0.220. The van der Waals surface area contributed by atoms with Crippen LogP contribution in [0.2, 0.25) is 0 Å². The highest BCUT2D eigenvalue weighted by Gasteiger charge is 2.17. The molecule has 0 aliphatic carbocycles. The van der Waals surface area contributed by atoms with Gasteiger partial charge < -0.3 is 9.13 Å². The second kappa shape index (κ2) is 9.11. The first kappa shape index (κ1) is 23.5.